The molecule has 0 N–H and O–H groups in total. The molecular formula is C34H65NO. The zero-order valence-corrected chi connectivity index (χ0v) is 25.1. The zero-order chi connectivity index (χ0) is 26.5. The Morgan fingerprint density at radius 1 is 0.556 bits per heavy atom. The van der Waals surface area contributed by atoms with E-state index in [4.69, 9.17) is 6.42 Å². The fourth-order valence-electron chi connectivity index (χ4n) is 5.39. The first-order valence-corrected chi connectivity index (χ1v) is 16.4. The number of ketones is 1. The molecule has 0 fully saturated rings. The number of hydrogen-bond donors (Lipinski definition) is 0. The molecule has 0 aliphatic carbocycles. The number of carbonyl (C=O) groups is 1. The average Bonchev–Trinajstić information content (AvgIpc) is 2.89. The van der Waals surface area contributed by atoms with Gasteiger partial charge in [0.25, 0.3) is 0 Å². The van der Waals surface area contributed by atoms with Gasteiger partial charge in [-0.05, 0) is 57.2 Å². The van der Waals surface area contributed by atoms with E-state index < -0.39 is 0 Å². The standard InChI is InChI=1S/C34H65NO/c1-5-9-20-26-33(27-21-10-6-2)28-22-16-13-12-14-18-24-31-35(30-11-7-3)32-25-19-15-17-23-29-34(36)8-4/h4,33H,5-7,9-32H2,1-3H3. The van der Waals surface area contributed by atoms with Gasteiger partial charge in [0.05, 0.1) is 0 Å². The van der Waals surface area contributed by atoms with Gasteiger partial charge < -0.3 is 4.90 Å². The lowest BCUT2D eigenvalue weighted by Gasteiger charge is -2.22. The van der Waals surface area contributed by atoms with E-state index in [2.05, 4.69) is 31.6 Å². The molecule has 0 rings (SSSR count). The summed E-state index contributed by atoms with van der Waals surface area (Å²) in [6.45, 7) is 10.8. The summed E-state index contributed by atoms with van der Waals surface area (Å²) in [5.41, 5.74) is 0. The van der Waals surface area contributed by atoms with Crippen molar-refractivity contribution >= 4 is 5.78 Å². The normalized spacial score (nSPS) is 11.4. The van der Waals surface area contributed by atoms with Gasteiger partial charge in [0, 0.05) is 6.42 Å². The minimum Gasteiger partial charge on any atom is -0.303 e. The maximum atomic E-state index is 11.2. The number of carbonyl (C=O) groups excluding carboxylic acids is 1. The summed E-state index contributed by atoms with van der Waals surface area (Å²) >= 11 is 0. The molecule has 2 heteroatoms. The van der Waals surface area contributed by atoms with Crippen LogP contribution in [0.5, 0.6) is 0 Å². The second-order valence-corrected chi connectivity index (χ2v) is 11.4. The molecule has 0 radical (unpaired) electrons. The molecule has 0 atom stereocenters. The van der Waals surface area contributed by atoms with Crippen molar-refractivity contribution in [3.8, 4) is 12.3 Å². The van der Waals surface area contributed by atoms with Crippen molar-refractivity contribution in [2.24, 2.45) is 5.92 Å². The van der Waals surface area contributed by atoms with Crippen molar-refractivity contribution < 1.29 is 4.79 Å². The van der Waals surface area contributed by atoms with E-state index in [0.717, 1.165) is 18.8 Å². The minimum absolute atomic E-state index is 0.0370. The highest BCUT2D eigenvalue weighted by atomic mass is 16.1. The van der Waals surface area contributed by atoms with Gasteiger partial charge in [0.1, 0.15) is 0 Å². The molecule has 0 aliphatic heterocycles. The second-order valence-electron chi connectivity index (χ2n) is 11.4. The molecule has 36 heavy (non-hydrogen) atoms. The van der Waals surface area contributed by atoms with Gasteiger partial charge in [-0.25, -0.2) is 0 Å². The van der Waals surface area contributed by atoms with Crippen LogP contribution in [0.1, 0.15) is 175 Å². The van der Waals surface area contributed by atoms with Crippen molar-refractivity contribution in [2.45, 2.75) is 175 Å². The fourth-order valence-corrected chi connectivity index (χ4v) is 5.39. The van der Waals surface area contributed by atoms with E-state index >= 15 is 0 Å². The zero-order valence-electron chi connectivity index (χ0n) is 25.1. The predicted octanol–water partition coefficient (Wildman–Crippen LogP) is 10.5. The monoisotopic (exact) mass is 504 g/mol. The molecule has 0 amide bonds. The Hall–Kier alpha value is -0.810. The highest BCUT2D eigenvalue weighted by Crippen LogP contribution is 2.24. The van der Waals surface area contributed by atoms with Crippen LogP contribution in [-0.4, -0.2) is 30.3 Å². The minimum atomic E-state index is -0.0370. The lowest BCUT2D eigenvalue weighted by atomic mass is 9.90. The molecule has 0 saturated heterocycles. The molecule has 0 unspecified atom stereocenters. The molecule has 0 aliphatic rings. The van der Waals surface area contributed by atoms with Gasteiger partial charge in [0.2, 0.25) is 5.78 Å². The Bertz CT molecular complexity index is 484. The second kappa shape index (κ2) is 28.8. The van der Waals surface area contributed by atoms with Crippen LogP contribution in [0.4, 0.5) is 0 Å². The van der Waals surface area contributed by atoms with Gasteiger partial charge in [-0.15, -0.1) is 6.42 Å². The Kier molecular flexibility index (Phi) is 28.1. The summed E-state index contributed by atoms with van der Waals surface area (Å²) in [7, 11) is 0. The van der Waals surface area contributed by atoms with E-state index in [0.29, 0.717) is 6.42 Å². The van der Waals surface area contributed by atoms with Crippen LogP contribution in [0.25, 0.3) is 0 Å². The van der Waals surface area contributed by atoms with E-state index in [1.54, 1.807) is 0 Å². The molecule has 212 valence electrons. The van der Waals surface area contributed by atoms with Gasteiger partial charge in [-0.3, -0.25) is 4.79 Å². The Morgan fingerprint density at radius 3 is 1.42 bits per heavy atom. The summed E-state index contributed by atoms with van der Waals surface area (Å²) in [6.07, 6.45) is 37.2. The lowest BCUT2D eigenvalue weighted by molar-refractivity contribution is -0.113. The molecule has 0 spiro atoms. The first-order valence-electron chi connectivity index (χ1n) is 16.4. The highest BCUT2D eigenvalue weighted by Gasteiger charge is 2.08. The van der Waals surface area contributed by atoms with Crippen LogP contribution in [0.2, 0.25) is 0 Å². The summed E-state index contributed by atoms with van der Waals surface area (Å²) in [6, 6.07) is 0. The maximum absolute atomic E-state index is 11.2. The highest BCUT2D eigenvalue weighted by molar-refractivity contribution is 5.94. The Labute approximate surface area is 228 Å². The summed E-state index contributed by atoms with van der Waals surface area (Å²) in [5, 5.41) is 0. The molecule has 2 nitrogen and oxygen atoms in total. The molecule has 0 aromatic carbocycles. The van der Waals surface area contributed by atoms with Crippen molar-refractivity contribution in [3.63, 3.8) is 0 Å². The van der Waals surface area contributed by atoms with E-state index in [1.807, 2.05) is 0 Å². The first-order chi connectivity index (χ1) is 17.7. The van der Waals surface area contributed by atoms with Crippen molar-refractivity contribution in [1.82, 2.24) is 4.90 Å². The third-order valence-corrected chi connectivity index (χ3v) is 7.89. The van der Waals surface area contributed by atoms with Crippen LogP contribution in [-0.2, 0) is 4.79 Å². The van der Waals surface area contributed by atoms with Crippen LogP contribution in [0, 0.1) is 18.3 Å². The third kappa shape index (κ3) is 24.9. The molecule has 0 saturated carbocycles. The van der Waals surface area contributed by atoms with E-state index in [-0.39, 0.29) is 5.78 Å². The molecule has 0 aromatic heterocycles. The third-order valence-electron chi connectivity index (χ3n) is 7.89. The molecule has 0 heterocycles. The first kappa shape index (κ1) is 35.2. The van der Waals surface area contributed by atoms with E-state index in [1.165, 1.54) is 154 Å². The van der Waals surface area contributed by atoms with Gasteiger partial charge in [-0.1, -0.05) is 143 Å². The topological polar surface area (TPSA) is 20.3 Å². The average molecular weight is 504 g/mol. The van der Waals surface area contributed by atoms with Crippen molar-refractivity contribution in [1.29, 1.82) is 0 Å². The summed E-state index contributed by atoms with van der Waals surface area (Å²) in [4.78, 5) is 13.9. The number of terminal acetylenes is 1. The van der Waals surface area contributed by atoms with Gasteiger partial charge >= 0.3 is 0 Å². The summed E-state index contributed by atoms with van der Waals surface area (Å²) < 4.78 is 0. The number of nitrogens with zero attached hydrogens (tertiary/aromatic N) is 1. The van der Waals surface area contributed by atoms with Crippen LogP contribution >= 0.6 is 0 Å². The Morgan fingerprint density at radius 2 is 0.944 bits per heavy atom. The molecular weight excluding hydrogens is 438 g/mol. The van der Waals surface area contributed by atoms with Crippen LogP contribution in [0.15, 0.2) is 0 Å². The SMILES string of the molecule is C#CC(=O)CCCCCCCN(CCCC)CCCCCCCCCC(CCCCC)CCCCC. The smallest absolute Gasteiger partial charge is 0.205 e. The van der Waals surface area contributed by atoms with Crippen LogP contribution < -0.4 is 0 Å². The number of Topliss-reactive ketones (excluding diaryl/α,β-unsaturated/α-hetero) is 1. The summed E-state index contributed by atoms with van der Waals surface area (Å²) in [5.74, 6) is 3.19. The van der Waals surface area contributed by atoms with Gasteiger partial charge in [-0.2, -0.15) is 0 Å². The van der Waals surface area contributed by atoms with Crippen molar-refractivity contribution in [2.75, 3.05) is 19.6 Å². The number of unbranched alkanes of at least 4 members (excludes halogenated alkanes) is 15. The molecule has 0 aromatic rings. The lowest BCUT2D eigenvalue weighted by Crippen LogP contribution is -2.27. The quantitative estimate of drug-likeness (QED) is 0.0574. The molecule has 0 bridgehead atoms. The van der Waals surface area contributed by atoms with Gasteiger partial charge in [0.15, 0.2) is 0 Å². The largest absolute Gasteiger partial charge is 0.303 e. The number of hydrogen-bond acceptors (Lipinski definition) is 2. The van der Waals surface area contributed by atoms with Crippen molar-refractivity contribution in [3.05, 3.63) is 0 Å². The predicted molar refractivity (Wildman–Crippen MR) is 162 cm³/mol. The van der Waals surface area contributed by atoms with E-state index in [9.17, 15) is 4.79 Å². The number of rotatable bonds is 29. The fraction of sp³-hybridized carbons (Fsp3) is 0.912. The van der Waals surface area contributed by atoms with Crippen LogP contribution in [0.3, 0.4) is 0 Å². The maximum Gasteiger partial charge on any atom is 0.205 e. The Balaban J connectivity index is 3.80.